The number of carbonyl (C=O) groups excluding carboxylic acids is 4. The Balaban J connectivity index is 0.000000786. The van der Waals surface area contributed by atoms with Crippen LogP contribution in [0.4, 0.5) is 9.59 Å². The number of alkyl carbamates (subject to hydrolysis) is 2. The number of hydrogen-bond donors (Lipinski definition) is 4. The van der Waals surface area contributed by atoms with Gasteiger partial charge in [-0.3, -0.25) is 9.59 Å². The smallest absolute Gasteiger partial charge is 0.407 e. The maximum atomic E-state index is 13.0. The van der Waals surface area contributed by atoms with Gasteiger partial charge < -0.3 is 49.3 Å². The summed E-state index contributed by atoms with van der Waals surface area (Å²) < 4.78 is 20.6. The minimum Gasteiger partial charge on any atom is -0.488 e. The molecule has 0 radical (unpaired) electrons. The number of ether oxygens (including phenoxy) is 4. The molecule has 1 atom stereocenters. The number of aromatic nitrogens is 4. The number of H-pyrrole nitrogens is 2. The first-order valence-electron chi connectivity index (χ1n) is 22.2. The minimum absolute atomic E-state index is 0.0614. The van der Waals surface area contributed by atoms with Gasteiger partial charge in [0.2, 0.25) is 11.8 Å². The van der Waals surface area contributed by atoms with Crippen molar-refractivity contribution in [2.75, 3.05) is 47.1 Å². The van der Waals surface area contributed by atoms with Crippen LogP contribution in [-0.2, 0) is 43.5 Å². The lowest BCUT2D eigenvalue weighted by Crippen LogP contribution is -2.44. The van der Waals surface area contributed by atoms with Gasteiger partial charge in [0.05, 0.1) is 50.2 Å². The number of methoxy groups -OCH3 is 2. The molecule has 0 aliphatic carbocycles. The highest BCUT2D eigenvalue weighted by Crippen LogP contribution is 2.42. The second-order valence-corrected chi connectivity index (χ2v) is 15.3. The molecule has 2 aliphatic rings. The number of hydrogen-bond acceptors (Lipinski definition) is 10. The minimum atomic E-state index is -0.659. The Hall–Kier alpha value is -7.04. The van der Waals surface area contributed by atoms with Gasteiger partial charge in [0.15, 0.2) is 0 Å². The molecule has 5 aromatic rings. The van der Waals surface area contributed by atoms with Crippen LogP contribution in [0.1, 0.15) is 90.4 Å². The molecule has 1 fully saturated rings. The molecule has 66 heavy (non-hydrogen) atoms. The predicted molar refractivity (Wildman–Crippen MR) is 258 cm³/mol. The SMILES string of the molecule is C#C.C#C.C1CCOCC1.CCC.CCCN(Cc1nc2c(ccc3cc4c(cc32)OCc2cc(-c3cnc(CN(C(=O)CNC(=O)OC)[C@@H](C)CC)[nH]3)ccc2-4)[nH]1)C(=O)CNC(=O)OC. The first-order valence-corrected chi connectivity index (χ1v) is 22.2. The summed E-state index contributed by atoms with van der Waals surface area (Å²) in [7, 11) is 2.51. The van der Waals surface area contributed by atoms with Gasteiger partial charge in [-0.15, -0.1) is 25.7 Å². The first kappa shape index (κ1) is 53.3. The third-order valence-corrected chi connectivity index (χ3v) is 10.5. The number of terminal acetylenes is 2. The van der Waals surface area contributed by atoms with Crippen molar-refractivity contribution in [3.8, 4) is 53.8 Å². The van der Waals surface area contributed by atoms with Crippen molar-refractivity contribution >= 4 is 45.8 Å². The van der Waals surface area contributed by atoms with Gasteiger partial charge in [-0.05, 0) is 85.4 Å². The fourth-order valence-corrected chi connectivity index (χ4v) is 7.12. The van der Waals surface area contributed by atoms with Crippen LogP contribution in [0.25, 0.3) is 44.2 Å². The largest absolute Gasteiger partial charge is 0.488 e. The van der Waals surface area contributed by atoms with Crippen LogP contribution in [0.15, 0.2) is 48.7 Å². The molecule has 7 rings (SSSR count). The normalized spacial score (nSPS) is 12.4. The Bertz CT molecular complexity index is 2360. The lowest BCUT2D eigenvalue weighted by molar-refractivity contribution is -0.133. The number of nitrogens with one attached hydrogen (secondary N) is 4. The molecule has 16 nitrogen and oxygen atoms in total. The van der Waals surface area contributed by atoms with E-state index in [1.54, 1.807) is 16.0 Å². The van der Waals surface area contributed by atoms with Gasteiger partial charge in [-0.2, -0.15) is 0 Å². The molecule has 0 saturated carbocycles. The van der Waals surface area contributed by atoms with Gasteiger partial charge in [0.1, 0.15) is 37.1 Å². The number of amides is 4. The van der Waals surface area contributed by atoms with E-state index < -0.39 is 12.2 Å². The van der Waals surface area contributed by atoms with Crippen LogP contribution in [0, 0.1) is 25.7 Å². The van der Waals surface area contributed by atoms with E-state index >= 15 is 0 Å². The topological polar surface area (TPSA) is 193 Å². The van der Waals surface area contributed by atoms with E-state index in [0.29, 0.717) is 24.8 Å². The quantitative estimate of drug-likeness (QED) is 0.0835. The van der Waals surface area contributed by atoms with Crippen LogP contribution in [0.5, 0.6) is 5.75 Å². The molecule has 354 valence electrons. The van der Waals surface area contributed by atoms with Crippen molar-refractivity contribution < 1.29 is 38.1 Å². The number of aromatic amines is 2. The average Bonchev–Trinajstić information content (AvgIpc) is 4.02. The molecule has 16 heteroatoms. The molecule has 4 N–H and O–H groups in total. The van der Waals surface area contributed by atoms with E-state index in [1.165, 1.54) is 39.9 Å². The molecular formula is C50H66N8O8. The molecule has 0 spiro atoms. The van der Waals surface area contributed by atoms with Crippen molar-refractivity contribution in [3.63, 3.8) is 0 Å². The van der Waals surface area contributed by atoms with Gasteiger partial charge in [-0.1, -0.05) is 52.3 Å². The van der Waals surface area contributed by atoms with Gasteiger partial charge in [-0.25, -0.2) is 19.6 Å². The van der Waals surface area contributed by atoms with Crippen LogP contribution in [0.2, 0.25) is 0 Å². The highest BCUT2D eigenvalue weighted by atomic mass is 16.5. The fraction of sp³-hybridized carbons (Fsp3) is 0.440. The predicted octanol–water partition coefficient (Wildman–Crippen LogP) is 8.35. The summed E-state index contributed by atoms with van der Waals surface area (Å²) in [4.78, 5) is 68.3. The number of fused-ring (bicyclic) bond motifs is 6. The Kier molecular flexibility index (Phi) is 22.6. The number of benzene rings is 3. The Morgan fingerprint density at radius 1 is 0.818 bits per heavy atom. The van der Waals surface area contributed by atoms with Crippen LogP contribution in [0.3, 0.4) is 0 Å². The second kappa shape index (κ2) is 28.0. The van der Waals surface area contributed by atoms with Crippen LogP contribution in [-0.4, -0.2) is 107 Å². The van der Waals surface area contributed by atoms with E-state index in [-0.39, 0.29) is 44.0 Å². The molecule has 4 heterocycles. The summed E-state index contributed by atoms with van der Waals surface area (Å²) in [6.07, 6.45) is 23.1. The van der Waals surface area contributed by atoms with Crippen molar-refractivity contribution in [2.45, 2.75) is 98.9 Å². The lowest BCUT2D eigenvalue weighted by atomic mass is 9.92. The zero-order valence-corrected chi connectivity index (χ0v) is 39.5. The summed E-state index contributed by atoms with van der Waals surface area (Å²) in [5, 5.41) is 6.84. The van der Waals surface area contributed by atoms with E-state index in [4.69, 9.17) is 14.5 Å². The average molecular weight is 907 g/mol. The van der Waals surface area contributed by atoms with Gasteiger partial charge in [0.25, 0.3) is 0 Å². The number of imidazole rings is 2. The summed E-state index contributed by atoms with van der Waals surface area (Å²) in [6.45, 7) is 13.3. The van der Waals surface area contributed by atoms with E-state index in [1.807, 2.05) is 45.0 Å². The molecule has 1 saturated heterocycles. The number of nitrogens with zero attached hydrogens (tertiary/aromatic N) is 4. The highest BCUT2D eigenvalue weighted by Gasteiger charge is 2.24. The van der Waals surface area contributed by atoms with Crippen molar-refractivity contribution in [3.05, 3.63) is 65.9 Å². The molecule has 0 bridgehead atoms. The van der Waals surface area contributed by atoms with Crippen molar-refractivity contribution in [2.24, 2.45) is 0 Å². The molecule has 2 aromatic heterocycles. The van der Waals surface area contributed by atoms with Crippen molar-refractivity contribution in [1.82, 2.24) is 40.4 Å². The van der Waals surface area contributed by atoms with E-state index in [0.717, 1.165) is 81.6 Å². The summed E-state index contributed by atoms with van der Waals surface area (Å²) >= 11 is 0. The third kappa shape index (κ3) is 14.8. The maximum Gasteiger partial charge on any atom is 0.407 e. The van der Waals surface area contributed by atoms with Crippen LogP contribution < -0.4 is 15.4 Å². The molecule has 0 unspecified atom stereocenters. The third-order valence-electron chi connectivity index (χ3n) is 10.5. The van der Waals surface area contributed by atoms with Gasteiger partial charge >= 0.3 is 12.2 Å². The lowest BCUT2D eigenvalue weighted by Gasteiger charge is -2.28. The molecular weight excluding hydrogens is 841 g/mol. The standard InChI is InChI=1S/C38H44N8O7.C5H10O.C3H8.2C2H2/c1-6-12-45(34(47)17-40-37(49)51-4)19-33-42-29-11-9-23-14-28-26-10-8-24(13-25(26)21-53-31(28)15-27(23)36(29)44-33)30-16-39-32(43-30)20-46(22(3)7-2)35(48)18-41-38(50)52-5;1-2-4-6-5-3-1;1-3-2;2*1-2/h8-11,13-16,22H,6-7,12,17-21H2,1-5H3,(H,39,43)(H,40,49)(H,41,50)(H,42,44);1-5H2;3H2,1-2H3;2*1-2H/t22-;;;;/m0..../s1. The monoisotopic (exact) mass is 907 g/mol. The van der Waals surface area contributed by atoms with E-state index in [2.05, 4.69) is 92.8 Å². The Labute approximate surface area is 388 Å². The van der Waals surface area contributed by atoms with Crippen molar-refractivity contribution in [1.29, 1.82) is 0 Å². The first-order chi connectivity index (χ1) is 32.0. The maximum absolute atomic E-state index is 13.0. The molecule has 2 aliphatic heterocycles. The fourth-order valence-electron chi connectivity index (χ4n) is 7.12. The summed E-state index contributed by atoms with van der Waals surface area (Å²) in [6, 6.07) is 14.3. The molecule has 3 aromatic carbocycles. The Morgan fingerprint density at radius 3 is 2.08 bits per heavy atom. The highest BCUT2D eigenvalue weighted by molar-refractivity contribution is 6.07. The summed E-state index contributed by atoms with van der Waals surface area (Å²) in [5.74, 6) is 1.56. The second-order valence-electron chi connectivity index (χ2n) is 15.3. The number of carbonyl (C=O) groups is 4. The zero-order chi connectivity index (χ0) is 48.6. The zero-order valence-electron chi connectivity index (χ0n) is 39.5. The number of rotatable bonds is 13. The Morgan fingerprint density at radius 2 is 1.48 bits per heavy atom. The van der Waals surface area contributed by atoms with Crippen LogP contribution >= 0.6 is 0 Å². The van der Waals surface area contributed by atoms with E-state index in [9.17, 15) is 19.2 Å². The molecule has 4 amide bonds. The summed E-state index contributed by atoms with van der Waals surface area (Å²) in [5.41, 5.74) is 6.45. The van der Waals surface area contributed by atoms with Gasteiger partial charge in [0, 0.05) is 36.8 Å².